The summed E-state index contributed by atoms with van der Waals surface area (Å²) in [6.45, 7) is 0. The van der Waals surface area contributed by atoms with Crippen molar-refractivity contribution in [2.24, 2.45) is 4.99 Å². The lowest BCUT2D eigenvalue weighted by atomic mass is 9.92. The maximum Gasteiger partial charge on any atom is 0.0816 e. The van der Waals surface area contributed by atoms with E-state index < -0.39 is 0 Å². The van der Waals surface area contributed by atoms with Gasteiger partial charge in [0.2, 0.25) is 0 Å². The Hall–Kier alpha value is -1.28. The fourth-order valence-corrected chi connectivity index (χ4v) is 3.14. The summed E-state index contributed by atoms with van der Waals surface area (Å²) in [5, 5.41) is 1.90. The van der Waals surface area contributed by atoms with Crippen molar-refractivity contribution in [3.8, 4) is 0 Å². The molecule has 0 atom stereocenters. The van der Waals surface area contributed by atoms with Gasteiger partial charge in [0.05, 0.1) is 15.7 Å². The Bertz CT molecular complexity index is 747. The van der Waals surface area contributed by atoms with E-state index >= 15 is 0 Å². The van der Waals surface area contributed by atoms with Crippen LogP contribution in [-0.4, -0.2) is 6.21 Å². The first kappa shape index (κ1) is 14.6. The zero-order valence-electron chi connectivity index (χ0n) is 11.1. The van der Waals surface area contributed by atoms with Gasteiger partial charge in [-0.05, 0) is 47.7 Å². The molecule has 106 valence electrons. The predicted molar refractivity (Wildman–Crippen MR) is 92.2 cm³/mol. The summed E-state index contributed by atoms with van der Waals surface area (Å²) in [6.07, 6.45) is 3.65. The second kappa shape index (κ2) is 6.23. The highest BCUT2D eigenvalue weighted by molar-refractivity contribution is 6.51. The number of hydrogen-bond acceptors (Lipinski definition) is 1. The van der Waals surface area contributed by atoms with Crippen molar-refractivity contribution in [2.45, 2.75) is 12.8 Å². The second-order valence-corrected chi connectivity index (χ2v) is 6.07. The number of allylic oxidation sites excluding steroid dienone is 1. The third kappa shape index (κ3) is 3.16. The topological polar surface area (TPSA) is 12.4 Å². The first-order valence-corrected chi connectivity index (χ1v) is 7.74. The van der Waals surface area contributed by atoms with Gasteiger partial charge >= 0.3 is 0 Å². The summed E-state index contributed by atoms with van der Waals surface area (Å²) in [6, 6.07) is 13.4. The van der Waals surface area contributed by atoms with Gasteiger partial charge in [-0.2, -0.15) is 0 Å². The van der Waals surface area contributed by atoms with Crippen molar-refractivity contribution in [2.75, 3.05) is 0 Å². The van der Waals surface area contributed by atoms with Gasteiger partial charge in [-0.15, -0.1) is 0 Å². The van der Waals surface area contributed by atoms with Gasteiger partial charge in [0, 0.05) is 11.2 Å². The molecule has 0 bridgehead atoms. The van der Waals surface area contributed by atoms with Gasteiger partial charge in [-0.1, -0.05) is 59.1 Å². The molecular formula is C17H12Cl3N. The Balaban J connectivity index is 1.93. The fourth-order valence-electron chi connectivity index (χ4n) is 2.36. The number of aryl methyl sites for hydroxylation is 1. The van der Waals surface area contributed by atoms with E-state index in [1.165, 1.54) is 5.56 Å². The Kier molecular flexibility index (Phi) is 4.34. The normalized spacial score (nSPS) is 14.6. The van der Waals surface area contributed by atoms with E-state index in [4.69, 9.17) is 34.8 Å². The molecule has 4 heteroatoms. The SMILES string of the molecule is ClC1=C(C=Nc2ccc(Cl)cc2Cl)CCc2ccccc21. The van der Waals surface area contributed by atoms with Gasteiger partial charge in [0.25, 0.3) is 0 Å². The number of aliphatic imine (C=N–C) groups is 1. The molecule has 0 fully saturated rings. The number of hydrogen-bond donors (Lipinski definition) is 0. The molecule has 0 saturated heterocycles. The Morgan fingerprint density at radius 2 is 1.76 bits per heavy atom. The minimum Gasteiger partial charge on any atom is -0.255 e. The summed E-state index contributed by atoms with van der Waals surface area (Å²) in [5.41, 5.74) is 4.09. The lowest BCUT2D eigenvalue weighted by Crippen LogP contribution is -2.03. The Morgan fingerprint density at radius 3 is 2.57 bits per heavy atom. The van der Waals surface area contributed by atoms with Gasteiger partial charge in [0.15, 0.2) is 0 Å². The summed E-state index contributed by atoms with van der Waals surface area (Å²) in [4.78, 5) is 4.44. The summed E-state index contributed by atoms with van der Waals surface area (Å²) >= 11 is 18.5. The van der Waals surface area contributed by atoms with Crippen LogP contribution in [0.3, 0.4) is 0 Å². The van der Waals surface area contributed by atoms with Crippen molar-refractivity contribution in [3.05, 3.63) is 69.2 Å². The van der Waals surface area contributed by atoms with Gasteiger partial charge in [0.1, 0.15) is 0 Å². The molecule has 0 radical (unpaired) electrons. The Morgan fingerprint density at radius 1 is 0.952 bits per heavy atom. The highest BCUT2D eigenvalue weighted by Crippen LogP contribution is 2.34. The number of benzene rings is 2. The molecule has 3 rings (SSSR count). The van der Waals surface area contributed by atoms with Crippen molar-refractivity contribution in [3.63, 3.8) is 0 Å². The summed E-state index contributed by atoms with van der Waals surface area (Å²) in [5.74, 6) is 0. The van der Waals surface area contributed by atoms with Gasteiger partial charge in [-0.25, -0.2) is 0 Å². The van der Waals surface area contributed by atoms with Crippen molar-refractivity contribution in [1.82, 2.24) is 0 Å². The molecule has 1 aliphatic carbocycles. The molecule has 0 aromatic heterocycles. The number of nitrogens with zero attached hydrogens (tertiary/aromatic N) is 1. The first-order chi connectivity index (χ1) is 10.1. The number of halogens is 3. The molecule has 0 saturated carbocycles. The van der Waals surface area contributed by atoms with E-state index in [9.17, 15) is 0 Å². The first-order valence-electron chi connectivity index (χ1n) is 6.61. The highest BCUT2D eigenvalue weighted by Gasteiger charge is 2.15. The third-order valence-electron chi connectivity index (χ3n) is 3.47. The minimum absolute atomic E-state index is 0.534. The quantitative estimate of drug-likeness (QED) is 0.571. The molecular weight excluding hydrogens is 325 g/mol. The third-order valence-corrected chi connectivity index (χ3v) is 4.45. The average molecular weight is 337 g/mol. The van der Waals surface area contributed by atoms with Crippen LogP contribution in [0.15, 0.2) is 53.0 Å². The van der Waals surface area contributed by atoms with Crippen molar-refractivity contribution < 1.29 is 0 Å². The van der Waals surface area contributed by atoms with Crippen LogP contribution < -0.4 is 0 Å². The molecule has 21 heavy (non-hydrogen) atoms. The van der Waals surface area contributed by atoms with Crippen LogP contribution in [-0.2, 0) is 6.42 Å². The standard InChI is InChI=1S/C17H12Cl3N/c18-13-7-8-16(15(19)9-13)21-10-12-6-5-11-3-1-2-4-14(11)17(12)20/h1-4,7-10H,5-6H2. The second-order valence-electron chi connectivity index (χ2n) is 4.85. The molecule has 0 unspecified atom stereocenters. The van der Waals surface area contributed by atoms with E-state index in [1.54, 1.807) is 24.4 Å². The maximum absolute atomic E-state index is 6.48. The summed E-state index contributed by atoms with van der Waals surface area (Å²) < 4.78 is 0. The molecule has 2 aromatic carbocycles. The fraction of sp³-hybridized carbons (Fsp3) is 0.118. The van der Waals surface area contributed by atoms with E-state index in [1.807, 2.05) is 18.2 Å². The molecule has 0 spiro atoms. The summed E-state index contributed by atoms with van der Waals surface area (Å²) in [7, 11) is 0. The maximum atomic E-state index is 6.48. The van der Waals surface area contributed by atoms with Crippen LogP contribution in [0.1, 0.15) is 17.5 Å². The van der Waals surface area contributed by atoms with Crippen LogP contribution in [0.2, 0.25) is 10.0 Å². The molecule has 1 nitrogen and oxygen atoms in total. The average Bonchev–Trinajstić information content (AvgIpc) is 2.48. The lowest BCUT2D eigenvalue weighted by Gasteiger charge is -2.17. The lowest BCUT2D eigenvalue weighted by molar-refractivity contribution is 0.961. The van der Waals surface area contributed by atoms with E-state index in [0.717, 1.165) is 29.0 Å². The van der Waals surface area contributed by atoms with E-state index in [2.05, 4.69) is 11.1 Å². The van der Waals surface area contributed by atoms with E-state index in [-0.39, 0.29) is 0 Å². The predicted octanol–water partition coefficient (Wildman–Crippen LogP) is 6.29. The molecule has 2 aromatic rings. The smallest absolute Gasteiger partial charge is 0.0816 e. The molecule has 0 heterocycles. The zero-order valence-corrected chi connectivity index (χ0v) is 13.4. The molecule has 0 N–H and O–H groups in total. The Labute approximate surface area is 138 Å². The zero-order chi connectivity index (χ0) is 14.8. The van der Waals surface area contributed by atoms with Gasteiger partial charge in [-0.3, -0.25) is 4.99 Å². The van der Waals surface area contributed by atoms with Crippen LogP contribution in [0.5, 0.6) is 0 Å². The highest BCUT2D eigenvalue weighted by atomic mass is 35.5. The number of rotatable bonds is 2. The van der Waals surface area contributed by atoms with Gasteiger partial charge < -0.3 is 0 Å². The molecule has 1 aliphatic rings. The van der Waals surface area contributed by atoms with Crippen molar-refractivity contribution >= 4 is 51.7 Å². The van der Waals surface area contributed by atoms with Crippen molar-refractivity contribution in [1.29, 1.82) is 0 Å². The van der Waals surface area contributed by atoms with Crippen LogP contribution in [0.25, 0.3) is 5.03 Å². The molecule has 0 aliphatic heterocycles. The number of fused-ring (bicyclic) bond motifs is 1. The monoisotopic (exact) mass is 335 g/mol. The molecule has 0 amide bonds. The largest absolute Gasteiger partial charge is 0.255 e. The van der Waals surface area contributed by atoms with Crippen LogP contribution >= 0.6 is 34.8 Å². The van der Waals surface area contributed by atoms with E-state index in [0.29, 0.717) is 15.7 Å². The minimum atomic E-state index is 0.534. The van der Waals surface area contributed by atoms with Crippen LogP contribution in [0, 0.1) is 0 Å². The van der Waals surface area contributed by atoms with Crippen LogP contribution in [0.4, 0.5) is 5.69 Å².